The predicted octanol–water partition coefficient (Wildman–Crippen LogP) is 0.913. The van der Waals surface area contributed by atoms with Gasteiger partial charge in [-0.15, -0.1) is 0 Å². The first-order valence-electron chi connectivity index (χ1n) is 6.08. The lowest BCUT2D eigenvalue weighted by Crippen LogP contribution is -2.12. The second-order valence-electron chi connectivity index (χ2n) is 4.50. The maximum absolute atomic E-state index is 8.71. The van der Waals surface area contributed by atoms with Crippen molar-refractivity contribution in [2.75, 3.05) is 0 Å². The van der Waals surface area contributed by atoms with E-state index < -0.39 is 0 Å². The van der Waals surface area contributed by atoms with Gasteiger partial charge in [0.15, 0.2) is 5.84 Å². The van der Waals surface area contributed by atoms with E-state index in [1.807, 2.05) is 37.5 Å². The van der Waals surface area contributed by atoms with Gasteiger partial charge in [0.25, 0.3) is 0 Å². The average molecular weight is 270 g/mol. The van der Waals surface area contributed by atoms with E-state index in [4.69, 9.17) is 10.9 Å². The number of nitrogens with two attached hydrogens (primary N) is 1. The van der Waals surface area contributed by atoms with E-state index in [1.54, 1.807) is 4.68 Å². The Labute approximate surface area is 114 Å². The fourth-order valence-electron chi connectivity index (χ4n) is 2.17. The molecule has 0 aliphatic rings. The second-order valence-corrected chi connectivity index (χ2v) is 4.50. The number of amidine groups is 1. The van der Waals surface area contributed by atoms with Crippen LogP contribution in [0.25, 0.3) is 10.9 Å². The molecule has 1 aromatic carbocycles. The van der Waals surface area contributed by atoms with Crippen LogP contribution >= 0.6 is 0 Å². The van der Waals surface area contributed by atoms with Crippen LogP contribution in [0.5, 0.6) is 0 Å². The Morgan fingerprint density at radius 2 is 2.25 bits per heavy atom. The molecule has 2 aromatic heterocycles. The van der Waals surface area contributed by atoms with Gasteiger partial charge in [0.1, 0.15) is 12.2 Å². The van der Waals surface area contributed by atoms with Crippen molar-refractivity contribution in [3.63, 3.8) is 0 Å². The van der Waals surface area contributed by atoms with Crippen LogP contribution in [0.1, 0.15) is 11.4 Å². The van der Waals surface area contributed by atoms with Crippen molar-refractivity contribution < 1.29 is 5.21 Å². The molecular formula is C13H14N6O. The highest BCUT2D eigenvalue weighted by molar-refractivity contribution is 6.00. The van der Waals surface area contributed by atoms with Gasteiger partial charge in [0, 0.05) is 29.7 Å². The molecule has 7 nitrogen and oxygen atoms in total. The summed E-state index contributed by atoms with van der Waals surface area (Å²) >= 11 is 0. The van der Waals surface area contributed by atoms with Gasteiger partial charge in [-0.2, -0.15) is 5.10 Å². The Hall–Kier alpha value is -2.83. The summed E-state index contributed by atoms with van der Waals surface area (Å²) in [5.74, 6) is 0.982. The molecule has 0 saturated heterocycles. The summed E-state index contributed by atoms with van der Waals surface area (Å²) in [5.41, 5.74) is 7.34. The highest BCUT2D eigenvalue weighted by Crippen LogP contribution is 2.18. The first kappa shape index (κ1) is 12.2. The van der Waals surface area contributed by atoms with Gasteiger partial charge in [-0.3, -0.25) is 4.68 Å². The number of hydrogen-bond donors (Lipinski definition) is 2. The summed E-state index contributed by atoms with van der Waals surface area (Å²) in [6.45, 7) is 0.642. The summed E-state index contributed by atoms with van der Waals surface area (Å²) in [7, 11) is 1.87. The van der Waals surface area contributed by atoms with Crippen LogP contribution in [0.4, 0.5) is 0 Å². The van der Waals surface area contributed by atoms with Crippen LogP contribution in [0, 0.1) is 0 Å². The molecule has 3 N–H and O–H groups in total. The fraction of sp³-hybridized carbons (Fsp3) is 0.154. The van der Waals surface area contributed by atoms with Crippen molar-refractivity contribution >= 4 is 16.7 Å². The van der Waals surface area contributed by atoms with E-state index in [2.05, 4.69) is 19.8 Å². The van der Waals surface area contributed by atoms with Crippen molar-refractivity contribution in [3.8, 4) is 0 Å². The first-order chi connectivity index (χ1) is 9.69. The molecule has 3 rings (SSSR count). The summed E-state index contributed by atoms with van der Waals surface area (Å²) < 4.78 is 3.83. The summed E-state index contributed by atoms with van der Waals surface area (Å²) in [6, 6.07) is 7.64. The Kier molecular flexibility index (Phi) is 2.86. The molecule has 3 aromatic rings. The molecule has 0 bridgehead atoms. The number of fused-ring (bicyclic) bond motifs is 1. The minimum Gasteiger partial charge on any atom is -0.409 e. The molecule has 0 aliphatic heterocycles. The van der Waals surface area contributed by atoms with Crippen molar-refractivity contribution in [3.05, 3.63) is 48.2 Å². The van der Waals surface area contributed by atoms with Crippen LogP contribution in [-0.2, 0) is 13.6 Å². The maximum atomic E-state index is 8.71. The third-order valence-corrected chi connectivity index (χ3v) is 3.29. The average Bonchev–Trinajstić information content (AvgIpc) is 3.05. The van der Waals surface area contributed by atoms with E-state index in [0.717, 1.165) is 16.7 Å². The molecule has 0 radical (unpaired) electrons. The highest BCUT2D eigenvalue weighted by Gasteiger charge is 2.07. The van der Waals surface area contributed by atoms with Gasteiger partial charge in [0.2, 0.25) is 0 Å². The van der Waals surface area contributed by atoms with Gasteiger partial charge in [-0.25, -0.2) is 4.98 Å². The normalized spacial score (nSPS) is 12.2. The zero-order chi connectivity index (χ0) is 14.1. The Morgan fingerprint density at radius 1 is 1.40 bits per heavy atom. The largest absolute Gasteiger partial charge is 0.409 e. The van der Waals surface area contributed by atoms with Crippen LogP contribution in [0.2, 0.25) is 0 Å². The van der Waals surface area contributed by atoms with Crippen LogP contribution in [0.3, 0.4) is 0 Å². The van der Waals surface area contributed by atoms with Crippen LogP contribution in [-0.4, -0.2) is 30.4 Å². The molecule has 0 saturated carbocycles. The zero-order valence-electron chi connectivity index (χ0n) is 10.9. The highest BCUT2D eigenvalue weighted by atomic mass is 16.4. The molecule has 2 heterocycles. The summed E-state index contributed by atoms with van der Waals surface area (Å²) in [5, 5.41) is 16.8. The fourth-order valence-corrected chi connectivity index (χ4v) is 2.17. The van der Waals surface area contributed by atoms with Crippen LogP contribution in [0.15, 0.2) is 41.9 Å². The molecule has 0 unspecified atom stereocenters. The summed E-state index contributed by atoms with van der Waals surface area (Å²) in [4.78, 5) is 4.22. The quantitative estimate of drug-likeness (QED) is 0.320. The topological polar surface area (TPSA) is 94.2 Å². The van der Waals surface area contributed by atoms with Gasteiger partial charge >= 0.3 is 0 Å². The minimum absolute atomic E-state index is 0.105. The molecule has 7 heteroatoms. The van der Waals surface area contributed by atoms with E-state index in [1.165, 1.54) is 6.33 Å². The van der Waals surface area contributed by atoms with Crippen molar-refractivity contribution in [1.82, 2.24) is 19.3 Å². The molecule has 0 aliphatic carbocycles. The van der Waals surface area contributed by atoms with Gasteiger partial charge in [-0.1, -0.05) is 5.16 Å². The number of rotatable bonds is 3. The van der Waals surface area contributed by atoms with E-state index in [9.17, 15) is 0 Å². The lowest BCUT2D eigenvalue weighted by atomic mass is 10.1. The SMILES string of the molecule is Cn1ncnc1Cn1ccc2cc(/C(N)=N/O)ccc21. The first-order valence-corrected chi connectivity index (χ1v) is 6.08. The van der Waals surface area contributed by atoms with Gasteiger partial charge < -0.3 is 15.5 Å². The molecular weight excluding hydrogens is 256 g/mol. The minimum atomic E-state index is 0.105. The third-order valence-electron chi connectivity index (χ3n) is 3.29. The number of nitrogens with zero attached hydrogens (tertiary/aromatic N) is 5. The zero-order valence-corrected chi connectivity index (χ0v) is 10.9. The predicted molar refractivity (Wildman–Crippen MR) is 74.6 cm³/mol. The van der Waals surface area contributed by atoms with Crippen molar-refractivity contribution in [2.45, 2.75) is 6.54 Å². The molecule has 0 atom stereocenters. The number of aryl methyl sites for hydroxylation is 1. The summed E-state index contributed by atoms with van der Waals surface area (Å²) in [6.07, 6.45) is 3.52. The van der Waals surface area contributed by atoms with Gasteiger partial charge in [-0.05, 0) is 24.3 Å². The van der Waals surface area contributed by atoms with Crippen molar-refractivity contribution in [1.29, 1.82) is 0 Å². The molecule has 102 valence electrons. The van der Waals surface area contributed by atoms with E-state index in [0.29, 0.717) is 12.1 Å². The third kappa shape index (κ3) is 1.99. The molecule has 0 fully saturated rings. The Morgan fingerprint density at radius 3 is 2.95 bits per heavy atom. The lowest BCUT2D eigenvalue weighted by molar-refractivity contribution is 0.318. The monoisotopic (exact) mass is 270 g/mol. The smallest absolute Gasteiger partial charge is 0.170 e. The second kappa shape index (κ2) is 4.69. The van der Waals surface area contributed by atoms with Crippen molar-refractivity contribution in [2.24, 2.45) is 17.9 Å². The standard InChI is InChI=1S/C13H14N6O/c1-18-12(15-8-16-18)7-19-5-4-9-6-10(13(14)17-20)2-3-11(9)19/h2-6,8,20H,7H2,1H3,(H2,14,17). The number of benzene rings is 1. The van der Waals surface area contributed by atoms with E-state index in [-0.39, 0.29) is 5.84 Å². The lowest BCUT2D eigenvalue weighted by Gasteiger charge is -2.05. The molecule has 20 heavy (non-hydrogen) atoms. The Balaban J connectivity index is 2.00. The maximum Gasteiger partial charge on any atom is 0.170 e. The van der Waals surface area contributed by atoms with Gasteiger partial charge in [0.05, 0.1) is 6.54 Å². The van der Waals surface area contributed by atoms with E-state index >= 15 is 0 Å². The molecule has 0 spiro atoms. The van der Waals surface area contributed by atoms with Crippen LogP contribution < -0.4 is 5.73 Å². The number of aromatic nitrogens is 4. The number of hydrogen-bond acceptors (Lipinski definition) is 4. The number of oxime groups is 1. The Bertz CT molecular complexity index is 785. The molecule has 0 amide bonds.